The smallest absolute Gasteiger partial charge is 0.329 e. The number of aliphatic carboxylic acids is 1. The van der Waals surface area contributed by atoms with Gasteiger partial charge in [0.25, 0.3) is 0 Å². The van der Waals surface area contributed by atoms with E-state index in [-0.39, 0.29) is 25.4 Å². The molecule has 8 heteroatoms. The van der Waals surface area contributed by atoms with Gasteiger partial charge in [-0.3, -0.25) is 9.59 Å². The second-order valence-electron chi connectivity index (χ2n) is 9.75. The average Bonchev–Trinajstić information content (AvgIpc) is 3.54. The lowest BCUT2D eigenvalue weighted by atomic mass is 9.75. The van der Waals surface area contributed by atoms with Crippen LogP contribution in [0.25, 0.3) is 11.3 Å². The summed E-state index contributed by atoms with van der Waals surface area (Å²) in [5, 5.41) is 12.6. The molecule has 1 saturated carbocycles. The van der Waals surface area contributed by atoms with Crippen LogP contribution in [0.4, 0.5) is 0 Å². The van der Waals surface area contributed by atoms with Gasteiger partial charge in [-0.2, -0.15) is 0 Å². The summed E-state index contributed by atoms with van der Waals surface area (Å²) in [6.07, 6.45) is 7.73. The molecule has 3 rings (SSSR count). The summed E-state index contributed by atoms with van der Waals surface area (Å²) in [5.41, 5.74) is 0.0642. The number of carbonyl (C=O) groups is 3. The molecular weight excluding hydrogens is 460 g/mol. The summed E-state index contributed by atoms with van der Waals surface area (Å²) in [6, 6.07) is 8.55. The topological polar surface area (TPSA) is 119 Å². The van der Waals surface area contributed by atoms with Crippen LogP contribution < -0.4 is 5.32 Å². The predicted octanol–water partition coefficient (Wildman–Crippen LogP) is 5.16. The van der Waals surface area contributed by atoms with Crippen LogP contribution in [0.1, 0.15) is 77.5 Å². The zero-order chi connectivity index (χ0) is 26.0. The second-order valence-corrected chi connectivity index (χ2v) is 9.75. The van der Waals surface area contributed by atoms with Gasteiger partial charge in [0.2, 0.25) is 5.91 Å². The lowest BCUT2D eigenvalue weighted by Gasteiger charge is -2.32. The number of nitrogens with zero attached hydrogens (tertiary/aromatic N) is 1. The molecule has 0 saturated heterocycles. The first-order chi connectivity index (χ1) is 17.4. The molecule has 2 atom stereocenters. The number of amides is 1. The van der Waals surface area contributed by atoms with Gasteiger partial charge in [0.05, 0.1) is 30.6 Å². The minimum absolute atomic E-state index is 0.0525. The molecule has 0 bridgehead atoms. The van der Waals surface area contributed by atoms with Gasteiger partial charge in [-0.1, -0.05) is 69.9 Å². The highest BCUT2D eigenvalue weighted by Crippen LogP contribution is 2.44. The Kier molecular flexibility index (Phi) is 10.1. The Morgan fingerprint density at radius 3 is 2.50 bits per heavy atom. The maximum absolute atomic E-state index is 13.6. The van der Waals surface area contributed by atoms with Crippen LogP contribution in [-0.4, -0.2) is 40.6 Å². The molecule has 0 unspecified atom stereocenters. The lowest BCUT2D eigenvalue weighted by Crippen LogP contribution is -2.50. The molecular formula is C28H38N2O6. The van der Waals surface area contributed by atoms with Crippen molar-refractivity contribution in [1.82, 2.24) is 10.3 Å². The first-order valence-electron chi connectivity index (χ1n) is 13.1. The summed E-state index contributed by atoms with van der Waals surface area (Å²) < 4.78 is 11.3. The molecule has 0 aliphatic heterocycles. The zero-order valence-corrected chi connectivity index (χ0v) is 21.3. The van der Waals surface area contributed by atoms with Crippen LogP contribution in [0.3, 0.4) is 0 Å². The summed E-state index contributed by atoms with van der Waals surface area (Å²) >= 11 is 0. The standard InChI is InChI=1S/C28H38N2O6/c1-3-5-16-35-26(33)22(17-24-29-19-23(36-24)20-12-7-6-8-13-20)30-27(34)28(14-9-10-15-28)18-21(11-4-2)25(31)32/h6-8,12-13,19,21-22H,3-5,9-11,14-18H2,1-2H3,(H,30,34)(H,31,32)/t21-,22+/m1/s1. The van der Waals surface area contributed by atoms with Gasteiger partial charge in [0.15, 0.2) is 11.7 Å². The molecule has 1 aliphatic carbocycles. The number of ether oxygens (including phenoxy) is 1. The maximum Gasteiger partial charge on any atom is 0.329 e. The Labute approximate surface area is 212 Å². The first-order valence-corrected chi connectivity index (χ1v) is 13.1. The number of carboxylic acids is 1. The Balaban J connectivity index is 1.78. The van der Waals surface area contributed by atoms with Crippen LogP contribution >= 0.6 is 0 Å². The molecule has 36 heavy (non-hydrogen) atoms. The van der Waals surface area contributed by atoms with Crippen LogP contribution in [0.15, 0.2) is 40.9 Å². The van der Waals surface area contributed by atoms with Gasteiger partial charge in [-0.25, -0.2) is 9.78 Å². The highest BCUT2D eigenvalue weighted by atomic mass is 16.5. The zero-order valence-electron chi connectivity index (χ0n) is 21.3. The Hall–Kier alpha value is -3.16. The molecule has 1 aliphatic rings. The Bertz CT molecular complexity index is 996. The molecule has 1 aromatic carbocycles. The number of benzene rings is 1. The summed E-state index contributed by atoms with van der Waals surface area (Å²) in [5.74, 6) is -1.39. The van der Waals surface area contributed by atoms with E-state index in [9.17, 15) is 19.5 Å². The third-order valence-corrected chi connectivity index (χ3v) is 6.99. The first kappa shape index (κ1) is 27.4. The summed E-state index contributed by atoms with van der Waals surface area (Å²) in [7, 11) is 0. The number of carboxylic acid groups (broad SMARTS) is 1. The number of carbonyl (C=O) groups excluding carboxylic acids is 2. The molecule has 0 radical (unpaired) electrons. The van der Waals surface area contributed by atoms with Crippen molar-refractivity contribution < 1.29 is 28.6 Å². The maximum atomic E-state index is 13.6. The van der Waals surface area contributed by atoms with E-state index in [0.717, 1.165) is 37.7 Å². The van der Waals surface area contributed by atoms with E-state index in [4.69, 9.17) is 9.15 Å². The molecule has 0 spiro atoms. The van der Waals surface area contributed by atoms with Gasteiger partial charge in [-0.05, 0) is 32.1 Å². The monoisotopic (exact) mass is 498 g/mol. The van der Waals surface area contributed by atoms with Gasteiger partial charge in [0.1, 0.15) is 6.04 Å². The van der Waals surface area contributed by atoms with E-state index in [1.54, 1.807) is 6.20 Å². The van der Waals surface area contributed by atoms with Crippen LogP contribution in [0.2, 0.25) is 0 Å². The van der Waals surface area contributed by atoms with E-state index in [0.29, 0.717) is 30.9 Å². The van der Waals surface area contributed by atoms with Gasteiger partial charge in [-0.15, -0.1) is 0 Å². The lowest BCUT2D eigenvalue weighted by molar-refractivity contribution is -0.151. The van der Waals surface area contributed by atoms with E-state index in [2.05, 4.69) is 10.3 Å². The third-order valence-electron chi connectivity index (χ3n) is 6.99. The van der Waals surface area contributed by atoms with Crippen molar-refractivity contribution in [2.24, 2.45) is 11.3 Å². The highest BCUT2D eigenvalue weighted by molar-refractivity contribution is 5.89. The van der Waals surface area contributed by atoms with E-state index < -0.39 is 29.3 Å². The largest absolute Gasteiger partial charge is 0.481 e. The third kappa shape index (κ3) is 7.18. The van der Waals surface area contributed by atoms with E-state index in [1.807, 2.05) is 44.2 Å². The fraction of sp³-hybridized carbons (Fsp3) is 0.571. The molecule has 1 fully saturated rings. The normalized spacial score (nSPS) is 16.3. The quantitative estimate of drug-likeness (QED) is 0.273. The minimum Gasteiger partial charge on any atom is -0.481 e. The van der Waals surface area contributed by atoms with Crippen molar-refractivity contribution in [1.29, 1.82) is 0 Å². The number of unbranched alkanes of at least 4 members (excludes halogenated alkanes) is 1. The summed E-state index contributed by atoms with van der Waals surface area (Å²) in [4.78, 5) is 42.8. The van der Waals surface area contributed by atoms with Crippen LogP contribution in [0.5, 0.6) is 0 Å². The average molecular weight is 499 g/mol. The minimum atomic E-state index is -0.969. The summed E-state index contributed by atoms with van der Waals surface area (Å²) in [6.45, 7) is 4.22. The number of nitrogens with one attached hydrogen (secondary N) is 1. The molecule has 2 N–H and O–H groups in total. The number of aromatic nitrogens is 1. The van der Waals surface area contributed by atoms with Crippen LogP contribution in [0, 0.1) is 11.3 Å². The predicted molar refractivity (Wildman–Crippen MR) is 135 cm³/mol. The number of hydrogen-bond donors (Lipinski definition) is 2. The molecule has 8 nitrogen and oxygen atoms in total. The van der Waals surface area contributed by atoms with Crippen molar-refractivity contribution in [2.75, 3.05) is 6.61 Å². The van der Waals surface area contributed by atoms with Crippen molar-refractivity contribution >= 4 is 17.8 Å². The Morgan fingerprint density at radius 2 is 1.86 bits per heavy atom. The van der Waals surface area contributed by atoms with Gasteiger partial charge in [0, 0.05) is 5.56 Å². The number of hydrogen-bond acceptors (Lipinski definition) is 6. The molecule has 1 aromatic heterocycles. The van der Waals surface area contributed by atoms with E-state index in [1.165, 1.54) is 0 Å². The molecule has 196 valence electrons. The van der Waals surface area contributed by atoms with Crippen molar-refractivity contribution in [3.05, 3.63) is 42.4 Å². The number of esters is 1. The molecule has 1 amide bonds. The van der Waals surface area contributed by atoms with Crippen molar-refractivity contribution in [3.63, 3.8) is 0 Å². The van der Waals surface area contributed by atoms with Crippen LogP contribution in [-0.2, 0) is 25.5 Å². The van der Waals surface area contributed by atoms with Crippen molar-refractivity contribution in [2.45, 2.75) is 84.1 Å². The Morgan fingerprint density at radius 1 is 1.14 bits per heavy atom. The molecule has 1 heterocycles. The number of rotatable bonds is 14. The van der Waals surface area contributed by atoms with E-state index >= 15 is 0 Å². The fourth-order valence-electron chi connectivity index (χ4n) is 4.95. The highest BCUT2D eigenvalue weighted by Gasteiger charge is 2.45. The molecule has 2 aromatic rings. The SMILES string of the molecule is CCCCOC(=O)[C@H](Cc1ncc(-c2ccccc2)o1)NC(=O)C1(C[C@@H](CCC)C(=O)O)CCCC1. The number of oxazole rings is 1. The van der Waals surface area contributed by atoms with Gasteiger partial charge < -0.3 is 19.6 Å². The van der Waals surface area contributed by atoms with Crippen molar-refractivity contribution in [3.8, 4) is 11.3 Å². The van der Waals surface area contributed by atoms with Gasteiger partial charge >= 0.3 is 11.9 Å². The second kappa shape index (κ2) is 13.2. The fourth-order valence-corrected chi connectivity index (χ4v) is 4.95.